The largest absolute Gasteiger partial charge is 0.392 e. The molecule has 0 aromatic heterocycles. The van der Waals surface area contributed by atoms with Crippen LogP contribution in [0, 0.1) is 12.7 Å². The number of rotatable bonds is 7. The number of hydrogen-bond acceptors (Lipinski definition) is 4. The molecule has 0 aliphatic carbocycles. The lowest BCUT2D eigenvalue weighted by molar-refractivity contribution is 0.188. The summed E-state index contributed by atoms with van der Waals surface area (Å²) < 4.78 is 45.4. The van der Waals surface area contributed by atoms with Crippen LogP contribution in [0.1, 0.15) is 24.5 Å². The molecule has 0 aliphatic rings. The van der Waals surface area contributed by atoms with E-state index in [1.54, 1.807) is 6.92 Å². The number of benzene rings is 1. The van der Waals surface area contributed by atoms with Gasteiger partial charge in [0.1, 0.15) is 5.82 Å². The fraction of sp³-hybridized carbons (Fsp3) is 0.538. The fourth-order valence-electron chi connectivity index (χ4n) is 1.76. The Morgan fingerprint density at radius 3 is 2.65 bits per heavy atom. The van der Waals surface area contributed by atoms with Crippen LogP contribution in [0.5, 0.6) is 0 Å². The van der Waals surface area contributed by atoms with Gasteiger partial charge in [0.15, 0.2) is 0 Å². The molecular weight excluding hydrogens is 285 g/mol. The van der Waals surface area contributed by atoms with Crippen molar-refractivity contribution in [3.63, 3.8) is 0 Å². The molecule has 0 heterocycles. The molecule has 2 N–H and O–H groups in total. The second kappa shape index (κ2) is 7.12. The highest BCUT2D eigenvalue weighted by molar-refractivity contribution is 7.89. The molecule has 0 saturated carbocycles. The Labute approximate surface area is 118 Å². The van der Waals surface area contributed by atoms with Crippen molar-refractivity contribution in [2.24, 2.45) is 0 Å². The third-order valence-electron chi connectivity index (χ3n) is 2.90. The molecule has 0 aliphatic heterocycles. The van der Waals surface area contributed by atoms with E-state index in [2.05, 4.69) is 4.72 Å². The second-order valence-corrected chi connectivity index (χ2v) is 6.39. The van der Waals surface area contributed by atoms with E-state index < -0.39 is 22.4 Å². The Morgan fingerprint density at radius 2 is 2.10 bits per heavy atom. The van der Waals surface area contributed by atoms with Gasteiger partial charge in [-0.3, -0.25) is 0 Å². The Morgan fingerprint density at radius 1 is 1.45 bits per heavy atom. The van der Waals surface area contributed by atoms with E-state index in [0.29, 0.717) is 13.0 Å². The summed E-state index contributed by atoms with van der Waals surface area (Å²) in [5.41, 5.74) is 0.149. The summed E-state index contributed by atoms with van der Waals surface area (Å²) in [5.74, 6) is -0.584. The molecule has 1 aromatic rings. The molecule has 0 spiro atoms. The normalized spacial score (nSPS) is 13.4. The van der Waals surface area contributed by atoms with Crippen LogP contribution in [0.3, 0.4) is 0 Å². The number of hydrogen-bond donors (Lipinski definition) is 2. The highest BCUT2D eigenvalue weighted by Crippen LogP contribution is 2.19. The maximum Gasteiger partial charge on any atom is 0.240 e. The topological polar surface area (TPSA) is 75.6 Å². The number of nitrogens with one attached hydrogen (secondary N) is 1. The van der Waals surface area contributed by atoms with Gasteiger partial charge in [-0.2, -0.15) is 0 Å². The summed E-state index contributed by atoms with van der Waals surface area (Å²) >= 11 is 0. The smallest absolute Gasteiger partial charge is 0.240 e. The predicted octanol–water partition coefficient (Wildman–Crippen LogP) is 1.33. The molecule has 20 heavy (non-hydrogen) atoms. The van der Waals surface area contributed by atoms with Crippen molar-refractivity contribution in [2.45, 2.75) is 37.8 Å². The van der Waals surface area contributed by atoms with Crippen LogP contribution in [-0.4, -0.2) is 33.3 Å². The molecular formula is C13H20FNO4S. The third kappa shape index (κ3) is 4.24. The van der Waals surface area contributed by atoms with E-state index in [0.717, 1.165) is 6.07 Å². The van der Waals surface area contributed by atoms with Gasteiger partial charge in [-0.25, -0.2) is 17.5 Å². The molecule has 0 bridgehead atoms. The van der Waals surface area contributed by atoms with Crippen LogP contribution in [0.2, 0.25) is 0 Å². The highest BCUT2D eigenvalue weighted by Gasteiger charge is 2.20. The molecule has 0 radical (unpaired) electrons. The molecule has 0 fully saturated rings. The first-order valence-corrected chi connectivity index (χ1v) is 7.71. The Kier molecular flexibility index (Phi) is 6.07. The van der Waals surface area contributed by atoms with E-state index in [9.17, 15) is 12.8 Å². The molecule has 1 rings (SSSR count). The first-order chi connectivity index (χ1) is 9.31. The Bertz CT molecular complexity index is 560. The van der Waals surface area contributed by atoms with E-state index >= 15 is 0 Å². The van der Waals surface area contributed by atoms with Gasteiger partial charge in [0.2, 0.25) is 10.0 Å². The van der Waals surface area contributed by atoms with E-state index in [4.69, 9.17) is 9.84 Å². The van der Waals surface area contributed by atoms with Crippen molar-refractivity contribution in [3.8, 4) is 0 Å². The van der Waals surface area contributed by atoms with E-state index in [1.165, 1.54) is 20.1 Å². The lowest BCUT2D eigenvalue weighted by atomic mass is 10.1. The molecule has 1 atom stereocenters. The number of ether oxygens (including phenoxy) is 1. The molecule has 7 heteroatoms. The first-order valence-electron chi connectivity index (χ1n) is 6.23. The number of aryl methyl sites for hydroxylation is 1. The maximum absolute atomic E-state index is 13.6. The summed E-state index contributed by atoms with van der Waals surface area (Å²) in [6.07, 6.45) is 0.531. The van der Waals surface area contributed by atoms with Gasteiger partial charge in [-0.1, -0.05) is 0 Å². The standard InChI is InChI=1S/C13H20FNO4S/c1-9-6-12(7-11(8-16)13(9)14)20(17,18)15-10(2)4-5-19-3/h6-7,10,15-16H,4-5,8H2,1-3H3. The van der Waals surface area contributed by atoms with Crippen molar-refractivity contribution in [1.29, 1.82) is 0 Å². The van der Waals surface area contributed by atoms with Crippen molar-refractivity contribution >= 4 is 10.0 Å². The lowest BCUT2D eigenvalue weighted by Gasteiger charge is -2.15. The summed E-state index contributed by atoms with van der Waals surface area (Å²) in [6.45, 7) is 3.07. The number of aliphatic hydroxyl groups excluding tert-OH is 1. The van der Waals surface area contributed by atoms with Gasteiger partial charge in [-0.15, -0.1) is 0 Å². The van der Waals surface area contributed by atoms with Gasteiger partial charge in [0.25, 0.3) is 0 Å². The zero-order valence-corrected chi connectivity index (χ0v) is 12.6. The predicted molar refractivity (Wildman–Crippen MR) is 73.3 cm³/mol. The molecule has 1 aromatic carbocycles. The van der Waals surface area contributed by atoms with Crippen LogP contribution in [0.25, 0.3) is 0 Å². The minimum Gasteiger partial charge on any atom is -0.392 e. The maximum atomic E-state index is 13.6. The minimum absolute atomic E-state index is 0.0325. The average molecular weight is 305 g/mol. The molecule has 0 saturated heterocycles. The number of halogens is 1. The third-order valence-corrected chi connectivity index (χ3v) is 4.46. The summed E-state index contributed by atoms with van der Waals surface area (Å²) in [5, 5.41) is 9.06. The van der Waals surface area contributed by atoms with Crippen molar-refractivity contribution in [2.75, 3.05) is 13.7 Å². The van der Waals surface area contributed by atoms with Crippen LogP contribution >= 0.6 is 0 Å². The van der Waals surface area contributed by atoms with Crippen LogP contribution < -0.4 is 4.72 Å². The monoisotopic (exact) mass is 305 g/mol. The Hall–Kier alpha value is -1.02. The quantitative estimate of drug-likeness (QED) is 0.797. The summed E-state index contributed by atoms with van der Waals surface area (Å²) in [6, 6.07) is 2.09. The van der Waals surface area contributed by atoms with Gasteiger partial charge >= 0.3 is 0 Å². The summed E-state index contributed by atoms with van der Waals surface area (Å²) in [4.78, 5) is -0.0512. The van der Waals surface area contributed by atoms with Crippen LogP contribution in [-0.2, 0) is 21.4 Å². The zero-order valence-electron chi connectivity index (χ0n) is 11.8. The molecule has 0 amide bonds. The fourth-order valence-corrected chi connectivity index (χ4v) is 3.18. The zero-order chi connectivity index (χ0) is 15.3. The minimum atomic E-state index is -3.75. The van der Waals surface area contributed by atoms with E-state index in [-0.39, 0.29) is 22.1 Å². The van der Waals surface area contributed by atoms with Crippen LogP contribution in [0.15, 0.2) is 17.0 Å². The van der Waals surface area contributed by atoms with Gasteiger partial charge in [0, 0.05) is 25.3 Å². The van der Waals surface area contributed by atoms with Crippen molar-refractivity contribution < 1.29 is 22.7 Å². The second-order valence-electron chi connectivity index (χ2n) is 4.68. The lowest BCUT2D eigenvalue weighted by Crippen LogP contribution is -2.33. The van der Waals surface area contributed by atoms with Gasteiger partial charge in [0.05, 0.1) is 11.5 Å². The SMILES string of the molecule is COCCC(C)NS(=O)(=O)c1cc(C)c(F)c(CO)c1. The van der Waals surface area contributed by atoms with E-state index in [1.807, 2.05) is 0 Å². The van der Waals surface area contributed by atoms with Gasteiger partial charge < -0.3 is 9.84 Å². The Balaban J connectivity index is 3.01. The number of aliphatic hydroxyl groups is 1. The number of methoxy groups -OCH3 is 1. The van der Waals surface area contributed by atoms with Crippen molar-refractivity contribution in [3.05, 3.63) is 29.1 Å². The van der Waals surface area contributed by atoms with Crippen molar-refractivity contribution in [1.82, 2.24) is 4.72 Å². The molecule has 5 nitrogen and oxygen atoms in total. The van der Waals surface area contributed by atoms with Crippen LogP contribution in [0.4, 0.5) is 4.39 Å². The molecule has 1 unspecified atom stereocenters. The van der Waals surface area contributed by atoms with Gasteiger partial charge in [-0.05, 0) is 38.0 Å². The molecule has 114 valence electrons. The number of sulfonamides is 1. The first kappa shape index (κ1) is 17.0. The summed E-state index contributed by atoms with van der Waals surface area (Å²) in [7, 11) is -2.21. The average Bonchev–Trinajstić information content (AvgIpc) is 2.38. The highest BCUT2D eigenvalue weighted by atomic mass is 32.2.